The van der Waals surface area contributed by atoms with Crippen molar-refractivity contribution in [3.05, 3.63) is 63.9 Å². The minimum atomic E-state index is -0.378. The highest BCUT2D eigenvalue weighted by Crippen LogP contribution is 2.18. The van der Waals surface area contributed by atoms with Gasteiger partial charge in [-0.2, -0.15) is 0 Å². The van der Waals surface area contributed by atoms with E-state index in [1.54, 1.807) is 6.07 Å². The molecule has 0 spiro atoms. The molecule has 0 radical (unpaired) electrons. The maximum Gasteiger partial charge on any atom is 0.142 e. The third-order valence-corrected chi connectivity index (χ3v) is 3.01. The molecule has 1 N–H and O–H groups in total. The zero-order valence-electron chi connectivity index (χ0n) is 10.4. The van der Waals surface area contributed by atoms with Crippen LogP contribution in [-0.2, 0) is 6.54 Å². The van der Waals surface area contributed by atoms with E-state index in [0.717, 1.165) is 11.3 Å². The molecule has 2 rings (SSSR count). The van der Waals surface area contributed by atoms with Gasteiger partial charge in [0.05, 0.1) is 5.02 Å². The molecule has 0 bridgehead atoms. The summed E-state index contributed by atoms with van der Waals surface area (Å²) in [6, 6.07) is 11.1. The topological polar surface area (TPSA) is 12.0 Å². The molecule has 18 heavy (non-hydrogen) atoms. The van der Waals surface area contributed by atoms with Gasteiger partial charge in [-0.15, -0.1) is 0 Å². The average Bonchev–Trinajstić information content (AvgIpc) is 2.29. The Kier molecular flexibility index (Phi) is 3.87. The van der Waals surface area contributed by atoms with Gasteiger partial charge in [-0.1, -0.05) is 23.7 Å². The van der Waals surface area contributed by atoms with Crippen LogP contribution in [0, 0.1) is 19.7 Å². The molecular weight excluding hydrogens is 249 g/mol. The summed E-state index contributed by atoms with van der Waals surface area (Å²) in [5, 5.41) is 3.44. The molecule has 0 aliphatic rings. The third kappa shape index (κ3) is 3.23. The molecule has 0 saturated carbocycles. The Morgan fingerprint density at radius 2 is 1.72 bits per heavy atom. The Hall–Kier alpha value is -1.54. The predicted molar refractivity (Wildman–Crippen MR) is 74.7 cm³/mol. The Bertz CT molecular complexity index is 546. The third-order valence-electron chi connectivity index (χ3n) is 2.70. The van der Waals surface area contributed by atoms with Gasteiger partial charge in [0.25, 0.3) is 0 Å². The van der Waals surface area contributed by atoms with Crippen molar-refractivity contribution in [1.29, 1.82) is 0 Å². The molecule has 2 aromatic carbocycles. The first-order valence-electron chi connectivity index (χ1n) is 5.81. The van der Waals surface area contributed by atoms with Gasteiger partial charge in [0.1, 0.15) is 5.82 Å². The average molecular weight is 264 g/mol. The Balaban J connectivity index is 2.08. The van der Waals surface area contributed by atoms with E-state index >= 15 is 0 Å². The van der Waals surface area contributed by atoms with Crippen molar-refractivity contribution in [2.75, 3.05) is 5.32 Å². The smallest absolute Gasteiger partial charge is 0.142 e. The first kappa shape index (κ1) is 12.9. The van der Waals surface area contributed by atoms with Gasteiger partial charge in [-0.25, -0.2) is 4.39 Å². The van der Waals surface area contributed by atoms with Gasteiger partial charge in [0.2, 0.25) is 0 Å². The van der Waals surface area contributed by atoms with Crippen LogP contribution in [0.25, 0.3) is 0 Å². The van der Waals surface area contributed by atoms with Gasteiger partial charge < -0.3 is 5.32 Å². The van der Waals surface area contributed by atoms with Gasteiger partial charge in [0.15, 0.2) is 0 Å². The summed E-state index contributed by atoms with van der Waals surface area (Å²) < 4.78 is 13.3. The molecule has 0 atom stereocenters. The lowest BCUT2D eigenvalue weighted by Crippen LogP contribution is -2.00. The van der Waals surface area contributed by atoms with Crippen molar-refractivity contribution in [2.24, 2.45) is 0 Å². The standard InChI is InChI=1S/C15H15ClFN/c1-10-5-11(2)7-13(6-10)18-9-12-3-4-14(16)15(17)8-12/h3-8,18H,9H2,1-2H3. The van der Waals surface area contributed by atoms with Gasteiger partial charge >= 0.3 is 0 Å². The Labute approximate surface area is 112 Å². The van der Waals surface area contributed by atoms with E-state index in [1.165, 1.54) is 17.2 Å². The van der Waals surface area contributed by atoms with Gasteiger partial charge in [-0.05, 0) is 54.8 Å². The van der Waals surface area contributed by atoms with Gasteiger partial charge in [-0.3, -0.25) is 0 Å². The Morgan fingerprint density at radius 3 is 2.33 bits per heavy atom. The summed E-state index contributed by atoms with van der Waals surface area (Å²) in [5.74, 6) is -0.378. The van der Waals surface area contributed by atoms with Crippen LogP contribution in [0.4, 0.5) is 10.1 Å². The summed E-state index contributed by atoms with van der Waals surface area (Å²) in [4.78, 5) is 0. The van der Waals surface area contributed by atoms with Crippen LogP contribution >= 0.6 is 11.6 Å². The SMILES string of the molecule is Cc1cc(C)cc(NCc2ccc(Cl)c(F)c2)c1. The minimum absolute atomic E-state index is 0.158. The molecule has 3 heteroatoms. The quantitative estimate of drug-likeness (QED) is 0.846. The summed E-state index contributed by atoms with van der Waals surface area (Å²) in [5.41, 5.74) is 4.33. The Morgan fingerprint density at radius 1 is 1.06 bits per heavy atom. The molecule has 0 saturated heterocycles. The monoisotopic (exact) mass is 263 g/mol. The van der Waals surface area contributed by atoms with Crippen molar-refractivity contribution in [1.82, 2.24) is 0 Å². The highest BCUT2D eigenvalue weighted by atomic mass is 35.5. The lowest BCUT2D eigenvalue weighted by molar-refractivity contribution is 0.626. The number of benzene rings is 2. The number of halogens is 2. The van der Waals surface area contributed by atoms with E-state index in [1.807, 2.05) is 6.07 Å². The molecule has 1 nitrogen and oxygen atoms in total. The van der Waals surface area contributed by atoms with E-state index in [0.29, 0.717) is 6.54 Å². The maximum atomic E-state index is 13.3. The molecule has 2 aromatic rings. The second kappa shape index (κ2) is 5.40. The summed E-state index contributed by atoms with van der Waals surface area (Å²) >= 11 is 5.64. The lowest BCUT2D eigenvalue weighted by atomic mass is 10.1. The van der Waals surface area contributed by atoms with Crippen LogP contribution in [0.1, 0.15) is 16.7 Å². The van der Waals surface area contributed by atoms with E-state index in [-0.39, 0.29) is 10.8 Å². The number of nitrogens with one attached hydrogen (secondary N) is 1. The van der Waals surface area contributed by atoms with Crippen LogP contribution in [0.2, 0.25) is 5.02 Å². The molecular formula is C15H15ClFN. The minimum Gasteiger partial charge on any atom is -0.381 e. The van der Waals surface area contributed by atoms with Crippen LogP contribution in [0.15, 0.2) is 36.4 Å². The van der Waals surface area contributed by atoms with Crippen molar-refractivity contribution < 1.29 is 4.39 Å². The lowest BCUT2D eigenvalue weighted by Gasteiger charge is -2.09. The van der Waals surface area contributed by atoms with E-state index in [9.17, 15) is 4.39 Å². The molecule has 0 amide bonds. The van der Waals surface area contributed by atoms with Crippen molar-refractivity contribution in [3.63, 3.8) is 0 Å². The maximum absolute atomic E-state index is 13.3. The number of rotatable bonds is 3. The number of anilines is 1. The fourth-order valence-corrected chi connectivity index (χ4v) is 2.05. The number of hydrogen-bond donors (Lipinski definition) is 1. The van der Waals surface area contributed by atoms with Crippen LogP contribution in [0.5, 0.6) is 0 Å². The second-order valence-corrected chi connectivity index (χ2v) is 4.89. The zero-order valence-corrected chi connectivity index (χ0v) is 11.2. The summed E-state index contributed by atoms with van der Waals surface area (Å²) in [6.07, 6.45) is 0. The second-order valence-electron chi connectivity index (χ2n) is 4.48. The molecule has 0 unspecified atom stereocenters. The van der Waals surface area contributed by atoms with E-state index < -0.39 is 0 Å². The molecule has 0 aliphatic heterocycles. The molecule has 94 valence electrons. The number of hydrogen-bond acceptors (Lipinski definition) is 1. The summed E-state index contributed by atoms with van der Waals surface area (Å²) in [6.45, 7) is 4.69. The van der Waals surface area contributed by atoms with Crippen LogP contribution in [0.3, 0.4) is 0 Å². The highest BCUT2D eigenvalue weighted by Gasteiger charge is 2.01. The molecule has 0 fully saturated rings. The van der Waals surface area contributed by atoms with Crippen molar-refractivity contribution >= 4 is 17.3 Å². The van der Waals surface area contributed by atoms with Gasteiger partial charge in [0, 0.05) is 12.2 Å². The van der Waals surface area contributed by atoms with Crippen molar-refractivity contribution in [3.8, 4) is 0 Å². The number of aryl methyl sites for hydroxylation is 2. The van der Waals surface area contributed by atoms with E-state index in [2.05, 4.69) is 37.4 Å². The summed E-state index contributed by atoms with van der Waals surface area (Å²) in [7, 11) is 0. The molecule has 0 heterocycles. The first-order valence-corrected chi connectivity index (χ1v) is 6.18. The fourth-order valence-electron chi connectivity index (χ4n) is 1.93. The molecule has 0 aliphatic carbocycles. The first-order chi connectivity index (χ1) is 8.54. The van der Waals surface area contributed by atoms with Crippen LogP contribution < -0.4 is 5.32 Å². The van der Waals surface area contributed by atoms with Crippen LogP contribution in [-0.4, -0.2) is 0 Å². The van der Waals surface area contributed by atoms with E-state index in [4.69, 9.17) is 11.6 Å². The highest BCUT2D eigenvalue weighted by molar-refractivity contribution is 6.30. The fraction of sp³-hybridized carbons (Fsp3) is 0.200. The largest absolute Gasteiger partial charge is 0.381 e. The predicted octanol–water partition coefficient (Wildman–Crippen LogP) is 4.71. The zero-order chi connectivity index (χ0) is 13.1. The normalized spacial score (nSPS) is 10.4. The van der Waals surface area contributed by atoms with Crippen molar-refractivity contribution in [2.45, 2.75) is 20.4 Å². The molecule has 0 aromatic heterocycles.